The van der Waals surface area contributed by atoms with E-state index in [4.69, 9.17) is 9.57 Å². The minimum atomic E-state index is -0.234. The summed E-state index contributed by atoms with van der Waals surface area (Å²) in [5, 5.41) is 2.22. The summed E-state index contributed by atoms with van der Waals surface area (Å²) in [4.78, 5) is 18.2. The molecule has 1 aromatic carbocycles. The van der Waals surface area contributed by atoms with E-state index in [2.05, 4.69) is 58.7 Å². The third-order valence-electron chi connectivity index (χ3n) is 6.13. The van der Waals surface area contributed by atoms with Gasteiger partial charge >= 0.3 is 5.97 Å². The molecule has 146 valence electrons. The predicted octanol–water partition coefficient (Wildman–Crippen LogP) is 5.29. The second-order valence-electron chi connectivity index (χ2n) is 8.22. The van der Waals surface area contributed by atoms with Crippen LogP contribution in [0.4, 0.5) is 0 Å². The molecule has 0 saturated carbocycles. The Bertz CT molecular complexity index is 595. The standard InChI is InChI=1S/C22H35NO3/c1-8-22(9-2)16(3)20(25-18(5)24)15-21(6,7)23(22)26-17(4)19-13-11-10-12-14-19/h10-14,16-17,20H,8-9,15H2,1-7H3. The van der Waals surface area contributed by atoms with Crippen molar-refractivity contribution < 1.29 is 14.4 Å². The van der Waals surface area contributed by atoms with Crippen LogP contribution in [0.1, 0.15) is 79.4 Å². The molecule has 26 heavy (non-hydrogen) atoms. The van der Waals surface area contributed by atoms with E-state index in [9.17, 15) is 4.79 Å². The third kappa shape index (κ3) is 3.96. The van der Waals surface area contributed by atoms with Gasteiger partial charge in [0, 0.05) is 24.8 Å². The first-order chi connectivity index (χ1) is 12.2. The van der Waals surface area contributed by atoms with Crippen LogP contribution in [-0.4, -0.2) is 28.2 Å². The Morgan fingerprint density at radius 3 is 2.31 bits per heavy atom. The first-order valence-electron chi connectivity index (χ1n) is 9.87. The number of hydrogen-bond acceptors (Lipinski definition) is 4. The summed E-state index contributed by atoms with van der Waals surface area (Å²) in [5.41, 5.74) is 0.756. The zero-order chi connectivity index (χ0) is 19.5. The molecule has 3 unspecified atom stereocenters. The topological polar surface area (TPSA) is 38.8 Å². The van der Waals surface area contributed by atoms with Gasteiger partial charge in [0.2, 0.25) is 0 Å². The molecule has 1 aromatic rings. The molecule has 0 N–H and O–H groups in total. The summed E-state index contributed by atoms with van der Waals surface area (Å²) in [5.74, 6) is -0.0109. The van der Waals surface area contributed by atoms with Crippen LogP contribution in [0.3, 0.4) is 0 Å². The summed E-state index contributed by atoms with van der Waals surface area (Å²) in [7, 11) is 0. The van der Waals surface area contributed by atoms with Gasteiger partial charge in [0.25, 0.3) is 0 Å². The van der Waals surface area contributed by atoms with Gasteiger partial charge in [-0.3, -0.25) is 9.63 Å². The molecule has 4 heteroatoms. The Labute approximate surface area is 158 Å². The van der Waals surface area contributed by atoms with Crippen molar-refractivity contribution >= 4 is 5.97 Å². The molecule has 1 saturated heterocycles. The van der Waals surface area contributed by atoms with Crippen molar-refractivity contribution in [2.45, 2.75) is 91.0 Å². The molecule has 0 aromatic heterocycles. The van der Waals surface area contributed by atoms with Crippen molar-refractivity contribution in [1.29, 1.82) is 0 Å². The van der Waals surface area contributed by atoms with Gasteiger partial charge in [-0.2, -0.15) is 5.06 Å². The second-order valence-corrected chi connectivity index (χ2v) is 8.22. The van der Waals surface area contributed by atoms with Crippen LogP contribution in [0.5, 0.6) is 0 Å². The average Bonchev–Trinajstić information content (AvgIpc) is 2.60. The van der Waals surface area contributed by atoms with Crippen LogP contribution in [0.25, 0.3) is 0 Å². The molecule has 1 aliphatic heterocycles. The lowest BCUT2D eigenvalue weighted by Gasteiger charge is -2.59. The molecule has 2 rings (SSSR count). The van der Waals surface area contributed by atoms with Gasteiger partial charge in [0.05, 0.1) is 5.54 Å². The van der Waals surface area contributed by atoms with Crippen molar-refractivity contribution in [3.8, 4) is 0 Å². The third-order valence-corrected chi connectivity index (χ3v) is 6.13. The SMILES string of the molecule is CCC1(CC)C(C)C(OC(C)=O)CC(C)(C)N1OC(C)c1ccccc1. The van der Waals surface area contributed by atoms with Crippen molar-refractivity contribution in [1.82, 2.24) is 5.06 Å². The molecular formula is C22H35NO3. The van der Waals surface area contributed by atoms with Crippen LogP contribution in [0.15, 0.2) is 30.3 Å². The molecule has 0 bridgehead atoms. The lowest BCUT2D eigenvalue weighted by molar-refractivity contribution is -0.337. The molecular weight excluding hydrogens is 326 g/mol. The number of piperidine rings is 1. The fraction of sp³-hybridized carbons (Fsp3) is 0.682. The van der Waals surface area contributed by atoms with Gasteiger partial charge < -0.3 is 4.74 Å². The number of carbonyl (C=O) groups is 1. The zero-order valence-electron chi connectivity index (χ0n) is 17.4. The quantitative estimate of drug-likeness (QED) is 0.645. The molecule has 0 radical (unpaired) electrons. The maximum absolute atomic E-state index is 11.6. The second kappa shape index (κ2) is 8.10. The number of carbonyl (C=O) groups excluding carboxylic acids is 1. The summed E-state index contributed by atoms with van der Waals surface area (Å²) in [6, 6.07) is 10.3. The molecule has 0 spiro atoms. The Morgan fingerprint density at radius 2 is 1.81 bits per heavy atom. The smallest absolute Gasteiger partial charge is 0.302 e. The van der Waals surface area contributed by atoms with Gasteiger partial charge in [-0.25, -0.2) is 0 Å². The van der Waals surface area contributed by atoms with E-state index in [1.165, 1.54) is 12.5 Å². The Kier molecular flexibility index (Phi) is 6.51. The maximum atomic E-state index is 11.6. The highest BCUT2D eigenvalue weighted by Gasteiger charge is 2.55. The Hall–Kier alpha value is -1.39. The summed E-state index contributed by atoms with van der Waals surface area (Å²) < 4.78 is 5.71. The zero-order valence-corrected chi connectivity index (χ0v) is 17.4. The van der Waals surface area contributed by atoms with Gasteiger partial charge in [-0.15, -0.1) is 0 Å². The van der Waals surface area contributed by atoms with Crippen molar-refractivity contribution in [2.75, 3.05) is 0 Å². The fourth-order valence-electron chi connectivity index (χ4n) is 4.61. The summed E-state index contributed by atoms with van der Waals surface area (Å²) >= 11 is 0. The number of hydrogen-bond donors (Lipinski definition) is 0. The number of nitrogens with zero attached hydrogens (tertiary/aromatic N) is 1. The van der Waals surface area contributed by atoms with Gasteiger partial charge in [-0.1, -0.05) is 51.1 Å². The highest BCUT2D eigenvalue weighted by molar-refractivity contribution is 5.66. The maximum Gasteiger partial charge on any atom is 0.302 e. The van der Waals surface area contributed by atoms with Crippen LogP contribution in [-0.2, 0) is 14.4 Å². The van der Waals surface area contributed by atoms with E-state index in [0.29, 0.717) is 0 Å². The minimum Gasteiger partial charge on any atom is -0.462 e. The number of ether oxygens (including phenoxy) is 1. The van der Waals surface area contributed by atoms with Crippen LogP contribution in [0.2, 0.25) is 0 Å². The van der Waals surface area contributed by atoms with E-state index >= 15 is 0 Å². The number of hydroxylamine groups is 2. The molecule has 1 aliphatic rings. The lowest BCUT2D eigenvalue weighted by Crippen LogP contribution is -2.68. The monoisotopic (exact) mass is 361 g/mol. The average molecular weight is 362 g/mol. The summed E-state index contributed by atoms with van der Waals surface area (Å²) in [6.45, 7) is 14.6. The predicted molar refractivity (Wildman–Crippen MR) is 105 cm³/mol. The van der Waals surface area contributed by atoms with Crippen LogP contribution in [0, 0.1) is 5.92 Å². The van der Waals surface area contributed by atoms with Crippen molar-refractivity contribution in [2.24, 2.45) is 5.92 Å². The minimum absolute atomic E-state index is 0.0366. The van der Waals surface area contributed by atoms with Gasteiger partial charge in [0.15, 0.2) is 0 Å². The number of rotatable bonds is 6. The Balaban J connectivity index is 2.36. The highest BCUT2D eigenvalue weighted by atomic mass is 16.7. The fourth-order valence-corrected chi connectivity index (χ4v) is 4.61. The van der Waals surface area contributed by atoms with E-state index in [0.717, 1.165) is 19.3 Å². The Morgan fingerprint density at radius 1 is 1.23 bits per heavy atom. The van der Waals surface area contributed by atoms with Gasteiger partial charge in [-0.05, 0) is 39.2 Å². The molecule has 0 aliphatic carbocycles. The number of esters is 1. The molecule has 0 amide bonds. The van der Waals surface area contributed by atoms with Gasteiger partial charge in [0.1, 0.15) is 12.2 Å². The van der Waals surface area contributed by atoms with Crippen LogP contribution < -0.4 is 0 Å². The largest absolute Gasteiger partial charge is 0.462 e. The first-order valence-corrected chi connectivity index (χ1v) is 9.87. The lowest BCUT2D eigenvalue weighted by atomic mass is 9.68. The number of benzene rings is 1. The van der Waals surface area contributed by atoms with Crippen LogP contribution >= 0.6 is 0 Å². The molecule has 1 heterocycles. The summed E-state index contributed by atoms with van der Waals surface area (Å²) in [6.07, 6.45) is 2.51. The highest BCUT2D eigenvalue weighted by Crippen LogP contribution is 2.48. The van der Waals surface area contributed by atoms with Crippen molar-refractivity contribution in [3.63, 3.8) is 0 Å². The first kappa shape index (κ1) is 20.9. The van der Waals surface area contributed by atoms with E-state index in [1.54, 1.807) is 0 Å². The van der Waals surface area contributed by atoms with E-state index in [1.807, 2.05) is 18.2 Å². The van der Waals surface area contributed by atoms with E-state index < -0.39 is 0 Å². The van der Waals surface area contributed by atoms with E-state index in [-0.39, 0.29) is 35.2 Å². The molecule has 3 atom stereocenters. The molecule has 1 fully saturated rings. The van der Waals surface area contributed by atoms with Crippen molar-refractivity contribution in [3.05, 3.63) is 35.9 Å². The normalized spacial score (nSPS) is 26.3. The molecule has 4 nitrogen and oxygen atoms in total.